The predicted molar refractivity (Wildman–Crippen MR) is 55.5 cm³/mol. The Balaban J connectivity index is 2.43. The zero-order valence-electron chi connectivity index (χ0n) is 9.12. The van der Waals surface area contributed by atoms with Crippen molar-refractivity contribution in [1.29, 1.82) is 0 Å². The second-order valence-electron chi connectivity index (χ2n) is 3.23. The maximum absolute atomic E-state index is 11.9. The van der Waals surface area contributed by atoms with E-state index in [1.807, 2.05) is 0 Å². The highest BCUT2D eigenvalue weighted by molar-refractivity contribution is 5.08. The lowest BCUT2D eigenvalue weighted by molar-refractivity contribution is 0.0792. The molecule has 1 aromatic heterocycles. The summed E-state index contributed by atoms with van der Waals surface area (Å²) in [5, 5.41) is 3.14. The molecule has 0 aliphatic rings. The third-order valence-electron chi connectivity index (χ3n) is 1.75. The lowest BCUT2D eigenvalue weighted by Crippen LogP contribution is -2.15. The average molecular weight is 231 g/mol. The van der Waals surface area contributed by atoms with Gasteiger partial charge in [0.2, 0.25) is 5.88 Å². The Morgan fingerprint density at radius 3 is 2.94 bits per heavy atom. The monoisotopic (exact) mass is 231 g/mol. The van der Waals surface area contributed by atoms with Gasteiger partial charge in [0.1, 0.15) is 0 Å². The molecular formula is C10H15F2N3O. The molecule has 1 heterocycles. The summed E-state index contributed by atoms with van der Waals surface area (Å²) in [5.41, 5.74) is 0.681. The Morgan fingerprint density at radius 1 is 1.44 bits per heavy atom. The Bertz CT molecular complexity index is 310. The molecule has 0 atom stereocenters. The third kappa shape index (κ3) is 4.97. The first-order valence-electron chi connectivity index (χ1n) is 5.15. The van der Waals surface area contributed by atoms with Crippen LogP contribution in [0, 0.1) is 0 Å². The summed E-state index contributed by atoms with van der Waals surface area (Å²) in [6, 6.07) is 0. The van der Waals surface area contributed by atoms with Gasteiger partial charge in [0, 0.05) is 12.7 Å². The topological polar surface area (TPSA) is 47.0 Å². The average Bonchev–Trinajstić information content (AvgIpc) is 2.27. The molecule has 0 spiro atoms. The first-order valence-corrected chi connectivity index (χ1v) is 5.15. The van der Waals surface area contributed by atoms with Gasteiger partial charge in [-0.2, -0.15) is 0 Å². The van der Waals surface area contributed by atoms with Gasteiger partial charge in [0.25, 0.3) is 6.43 Å². The standard InChI is InChI=1S/C10H15F2N3O/c1-2-3-13-4-8-5-14-6-10(15-8)16-7-9(11)12/h5-6,9,13H,2-4,7H2,1H3. The van der Waals surface area contributed by atoms with Crippen LogP contribution in [-0.2, 0) is 6.54 Å². The zero-order chi connectivity index (χ0) is 11.8. The van der Waals surface area contributed by atoms with Crippen LogP contribution in [0.3, 0.4) is 0 Å². The van der Waals surface area contributed by atoms with Gasteiger partial charge in [-0.15, -0.1) is 0 Å². The molecule has 6 heteroatoms. The summed E-state index contributed by atoms with van der Waals surface area (Å²) in [6.07, 6.45) is 1.43. The molecule has 0 aliphatic carbocycles. The van der Waals surface area contributed by atoms with E-state index in [2.05, 4.69) is 22.2 Å². The summed E-state index contributed by atoms with van der Waals surface area (Å²) in [5.74, 6) is 0.135. The molecule has 0 bridgehead atoms. The number of hydrogen-bond acceptors (Lipinski definition) is 4. The molecule has 0 aliphatic heterocycles. The molecule has 1 N–H and O–H groups in total. The molecule has 0 saturated carbocycles. The molecule has 90 valence electrons. The predicted octanol–water partition coefficient (Wildman–Crippen LogP) is 1.62. The minimum atomic E-state index is -2.50. The summed E-state index contributed by atoms with van der Waals surface area (Å²) in [7, 11) is 0. The van der Waals surface area contributed by atoms with Crippen molar-refractivity contribution < 1.29 is 13.5 Å². The van der Waals surface area contributed by atoms with E-state index in [-0.39, 0.29) is 5.88 Å². The number of halogens is 2. The van der Waals surface area contributed by atoms with E-state index in [1.165, 1.54) is 6.20 Å². The molecule has 0 radical (unpaired) electrons. The van der Waals surface area contributed by atoms with Crippen LogP contribution in [0.1, 0.15) is 19.0 Å². The Labute approximate surface area is 93.1 Å². The van der Waals surface area contributed by atoms with Crippen molar-refractivity contribution in [3.05, 3.63) is 18.1 Å². The Hall–Kier alpha value is -1.30. The van der Waals surface area contributed by atoms with Gasteiger partial charge in [-0.3, -0.25) is 4.98 Å². The largest absolute Gasteiger partial charge is 0.470 e. The molecular weight excluding hydrogens is 216 g/mol. The van der Waals surface area contributed by atoms with E-state index < -0.39 is 13.0 Å². The number of aromatic nitrogens is 2. The molecule has 0 amide bonds. The Morgan fingerprint density at radius 2 is 2.25 bits per heavy atom. The van der Waals surface area contributed by atoms with E-state index >= 15 is 0 Å². The van der Waals surface area contributed by atoms with Gasteiger partial charge >= 0.3 is 0 Å². The van der Waals surface area contributed by atoms with E-state index in [9.17, 15) is 8.78 Å². The maximum Gasteiger partial charge on any atom is 0.272 e. The second kappa shape index (κ2) is 7.05. The summed E-state index contributed by atoms with van der Waals surface area (Å²) >= 11 is 0. The number of nitrogens with one attached hydrogen (secondary N) is 1. The molecule has 0 aromatic carbocycles. The van der Waals surface area contributed by atoms with Gasteiger partial charge in [0.05, 0.1) is 11.9 Å². The molecule has 1 rings (SSSR count). The Kier molecular flexibility index (Phi) is 5.63. The lowest BCUT2D eigenvalue weighted by atomic mass is 10.4. The van der Waals surface area contributed by atoms with Crippen LogP contribution in [0.15, 0.2) is 12.4 Å². The third-order valence-corrected chi connectivity index (χ3v) is 1.75. The number of ether oxygens (including phenoxy) is 1. The molecule has 0 fully saturated rings. The maximum atomic E-state index is 11.9. The van der Waals surface area contributed by atoms with Crippen molar-refractivity contribution in [3.8, 4) is 5.88 Å². The van der Waals surface area contributed by atoms with Crippen molar-refractivity contribution in [2.75, 3.05) is 13.2 Å². The normalized spacial score (nSPS) is 10.8. The van der Waals surface area contributed by atoms with Gasteiger partial charge in [-0.1, -0.05) is 6.92 Å². The number of alkyl halides is 2. The van der Waals surface area contributed by atoms with Crippen molar-refractivity contribution in [2.45, 2.75) is 26.3 Å². The lowest BCUT2D eigenvalue weighted by Gasteiger charge is -2.06. The molecule has 4 nitrogen and oxygen atoms in total. The van der Waals surface area contributed by atoms with Crippen LogP contribution < -0.4 is 10.1 Å². The van der Waals surface area contributed by atoms with Crippen LogP contribution in [-0.4, -0.2) is 29.5 Å². The van der Waals surface area contributed by atoms with Gasteiger partial charge < -0.3 is 10.1 Å². The molecule has 16 heavy (non-hydrogen) atoms. The van der Waals surface area contributed by atoms with Crippen molar-refractivity contribution in [2.24, 2.45) is 0 Å². The number of rotatable bonds is 7. The van der Waals surface area contributed by atoms with E-state index in [4.69, 9.17) is 4.74 Å². The SMILES string of the molecule is CCCNCc1cncc(OCC(F)F)n1. The fourth-order valence-electron chi connectivity index (χ4n) is 1.08. The fourth-order valence-corrected chi connectivity index (χ4v) is 1.08. The molecule has 0 unspecified atom stereocenters. The van der Waals surface area contributed by atoms with Gasteiger partial charge in [-0.05, 0) is 13.0 Å². The van der Waals surface area contributed by atoms with E-state index in [0.717, 1.165) is 13.0 Å². The van der Waals surface area contributed by atoms with Crippen molar-refractivity contribution in [3.63, 3.8) is 0 Å². The zero-order valence-corrected chi connectivity index (χ0v) is 9.12. The van der Waals surface area contributed by atoms with Gasteiger partial charge in [0.15, 0.2) is 6.61 Å². The number of nitrogens with zero attached hydrogens (tertiary/aromatic N) is 2. The van der Waals surface area contributed by atoms with Crippen molar-refractivity contribution in [1.82, 2.24) is 15.3 Å². The smallest absolute Gasteiger partial charge is 0.272 e. The molecule has 0 saturated heterocycles. The highest BCUT2D eigenvalue weighted by atomic mass is 19.3. The highest BCUT2D eigenvalue weighted by Gasteiger charge is 2.05. The highest BCUT2D eigenvalue weighted by Crippen LogP contribution is 2.06. The minimum Gasteiger partial charge on any atom is -0.470 e. The summed E-state index contributed by atoms with van der Waals surface area (Å²) in [4.78, 5) is 7.90. The van der Waals surface area contributed by atoms with Crippen molar-refractivity contribution >= 4 is 0 Å². The number of hydrogen-bond donors (Lipinski definition) is 1. The van der Waals surface area contributed by atoms with Crippen LogP contribution in [0.25, 0.3) is 0 Å². The van der Waals surface area contributed by atoms with Crippen LogP contribution in [0.5, 0.6) is 5.88 Å². The summed E-state index contributed by atoms with van der Waals surface area (Å²) in [6.45, 7) is 2.85. The van der Waals surface area contributed by atoms with E-state index in [0.29, 0.717) is 12.2 Å². The first kappa shape index (κ1) is 12.8. The van der Waals surface area contributed by atoms with Crippen LogP contribution in [0.4, 0.5) is 8.78 Å². The minimum absolute atomic E-state index is 0.135. The first-order chi connectivity index (χ1) is 7.72. The fraction of sp³-hybridized carbons (Fsp3) is 0.600. The van der Waals surface area contributed by atoms with E-state index in [1.54, 1.807) is 6.20 Å². The quantitative estimate of drug-likeness (QED) is 0.724. The van der Waals surface area contributed by atoms with Gasteiger partial charge in [-0.25, -0.2) is 13.8 Å². The molecule has 1 aromatic rings. The van der Waals surface area contributed by atoms with Crippen LogP contribution >= 0.6 is 0 Å². The van der Waals surface area contributed by atoms with Crippen LogP contribution in [0.2, 0.25) is 0 Å². The summed E-state index contributed by atoms with van der Waals surface area (Å²) < 4.78 is 28.5. The second-order valence-corrected chi connectivity index (χ2v) is 3.23.